The fourth-order valence-corrected chi connectivity index (χ4v) is 4.16. The SMILES string of the molecule is CC(CCc1cc(CNC(COc2ccccc2)C2CC2)on1)(C(=O)NO)S(C)(=O)=O. The summed E-state index contributed by atoms with van der Waals surface area (Å²) in [5.74, 6) is 1.05. The van der Waals surface area contributed by atoms with E-state index < -0.39 is 20.5 Å². The standard InChI is InChI=1S/C21H29N3O6S/c1-21(20(25)23-26,31(2,27)28)11-10-16-12-18(30-24-16)13-22-19(15-8-9-15)14-29-17-6-4-3-5-7-17/h3-7,12,15,19,22,26H,8-11,13-14H2,1-2H3,(H,23,25). The molecule has 1 amide bonds. The van der Waals surface area contributed by atoms with Crippen molar-refractivity contribution in [2.75, 3.05) is 12.9 Å². The van der Waals surface area contributed by atoms with E-state index in [2.05, 4.69) is 10.5 Å². The molecule has 0 radical (unpaired) electrons. The van der Waals surface area contributed by atoms with E-state index >= 15 is 0 Å². The zero-order valence-corrected chi connectivity index (χ0v) is 18.5. The Bertz CT molecular complexity index is 974. The summed E-state index contributed by atoms with van der Waals surface area (Å²) < 4.78 is 33.6. The summed E-state index contributed by atoms with van der Waals surface area (Å²) in [7, 11) is -3.75. The molecule has 1 aliphatic carbocycles. The summed E-state index contributed by atoms with van der Waals surface area (Å²) in [4.78, 5) is 11.9. The highest BCUT2D eigenvalue weighted by Crippen LogP contribution is 2.33. The molecule has 2 unspecified atom stereocenters. The number of ether oxygens (including phenoxy) is 1. The lowest BCUT2D eigenvalue weighted by Crippen LogP contribution is -2.49. The molecule has 170 valence electrons. The maximum atomic E-state index is 12.1. The summed E-state index contributed by atoms with van der Waals surface area (Å²) in [5.41, 5.74) is 1.99. The minimum absolute atomic E-state index is 0.0345. The predicted molar refractivity (Wildman–Crippen MR) is 113 cm³/mol. The first kappa shape index (κ1) is 23.2. The molecular formula is C21H29N3O6S. The molecule has 1 aliphatic rings. The molecule has 2 atom stereocenters. The fraction of sp³-hybridized carbons (Fsp3) is 0.524. The van der Waals surface area contributed by atoms with Crippen molar-refractivity contribution in [2.24, 2.45) is 5.92 Å². The van der Waals surface area contributed by atoms with Crippen molar-refractivity contribution >= 4 is 15.7 Å². The zero-order chi connectivity index (χ0) is 22.5. The molecule has 1 fully saturated rings. The molecule has 31 heavy (non-hydrogen) atoms. The van der Waals surface area contributed by atoms with Crippen LogP contribution in [0, 0.1) is 5.92 Å². The molecule has 3 N–H and O–H groups in total. The topological polar surface area (TPSA) is 131 Å². The first-order valence-electron chi connectivity index (χ1n) is 10.2. The number of aromatic nitrogens is 1. The Morgan fingerprint density at radius 3 is 2.68 bits per heavy atom. The number of nitrogens with one attached hydrogen (secondary N) is 2. The number of carbonyl (C=O) groups excluding carboxylic acids is 1. The molecule has 0 aliphatic heterocycles. The van der Waals surface area contributed by atoms with Gasteiger partial charge >= 0.3 is 0 Å². The summed E-state index contributed by atoms with van der Waals surface area (Å²) in [6, 6.07) is 11.6. The van der Waals surface area contributed by atoms with Gasteiger partial charge in [0.15, 0.2) is 15.6 Å². The normalized spacial score (nSPS) is 17.0. The van der Waals surface area contributed by atoms with E-state index in [1.807, 2.05) is 30.3 Å². The maximum Gasteiger partial charge on any atom is 0.264 e. The van der Waals surface area contributed by atoms with Gasteiger partial charge in [0.2, 0.25) is 0 Å². The quantitative estimate of drug-likeness (QED) is 0.329. The lowest BCUT2D eigenvalue weighted by atomic mass is 10.0. The maximum absolute atomic E-state index is 12.1. The fourth-order valence-electron chi connectivity index (χ4n) is 3.30. The van der Waals surface area contributed by atoms with Crippen LogP contribution in [0.2, 0.25) is 0 Å². The van der Waals surface area contributed by atoms with E-state index in [0.29, 0.717) is 30.5 Å². The van der Waals surface area contributed by atoms with Crippen LogP contribution in [-0.4, -0.2) is 48.3 Å². The van der Waals surface area contributed by atoms with Gasteiger partial charge in [0, 0.05) is 18.4 Å². The number of benzene rings is 1. The zero-order valence-electron chi connectivity index (χ0n) is 17.7. The van der Waals surface area contributed by atoms with Crippen molar-refractivity contribution in [3.63, 3.8) is 0 Å². The van der Waals surface area contributed by atoms with Crippen molar-refractivity contribution in [3.8, 4) is 5.75 Å². The van der Waals surface area contributed by atoms with Gasteiger partial charge in [-0.2, -0.15) is 0 Å². The van der Waals surface area contributed by atoms with Crippen LogP contribution in [0.1, 0.15) is 37.6 Å². The molecule has 1 saturated carbocycles. The number of aryl methyl sites for hydroxylation is 1. The highest BCUT2D eigenvalue weighted by molar-refractivity contribution is 7.92. The van der Waals surface area contributed by atoms with Gasteiger partial charge in [-0.25, -0.2) is 13.9 Å². The van der Waals surface area contributed by atoms with E-state index in [4.69, 9.17) is 14.5 Å². The third-order valence-electron chi connectivity index (χ3n) is 5.77. The minimum Gasteiger partial charge on any atom is -0.492 e. The van der Waals surface area contributed by atoms with E-state index in [-0.39, 0.29) is 18.9 Å². The molecule has 0 saturated heterocycles. The number of amides is 1. The van der Waals surface area contributed by atoms with Crippen LogP contribution in [0.5, 0.6) is 5.75 Å². The summed E-state index contributed by atoms with van der Waals surface area (Å²) in [5, 5.41) is 16.3. The summed E-state index contributed by atoms with van der Waals surface area (Å²) in [6.45, 7) is 2.30. The Morgan fingerprint density at radius 2 is 2.06 bits per heavy atom. The van der Waals surface area contributed by atoms with E-state index in [9.17, 15) is 13.2 Å². The first-order valence-corrected chi connectivity index (χ1v) is 12.1. The third-order valence-corrected chi connectivity index (χ3v) is 7.79. The molecule has 3 rings (SSSR count). The van der Waals surface area contributed by atoms with Crippen molar-refractivity contribution in [1.29, 1.82) is 0 Å². The molecular weight excluding hydrogens is 422 g/mol. The number of nitrogens with zero attached hydrogens (tertiary/aromatic N) is 1. The Balaban J connectivity index is 1.53. The van der Waals surface area contributed by atoms with Crippen molar-refractivity contribution in [3.05, 3.63) is 47.9 Å². The van der Waals surface area contributed by atoms with Gasteiger partial charge in [0.25, 0.3) is 5.91 Å². The monoisotopic (exact) mass is 451 g/mol. The molecule has 0 bridgehead atoms. The molecule has 1 aromatic carbocycles. The van der Waals surface area contributed by atoms with Gasteiger partial charge in [0.1, 0.15) is 17.1 Å². The number of hydrogen-bond donors (Lipinski definition) is 3. The number of para-hydroxylation sites is 1. The lowest BCUT2D eigenvalue weighted by Gasteiger charge is -2.24. The van der Waals surface area contributed by atoms with Gasteiger partial charge in [-0.15, -0.1) is 0 Å². The van der Waals surface area contributed by atoms with Gasteiger partial charge in [0.05, 0.1) is 12.2 Å². The molecule has 9 nitrogen and oxygen atoms in total. The summed E-state index contributed by atoms with van der Waals surface area (Å²) >= 11 is 0. The second-order valence-corrected chi connectivity index (χ2v) is 10.6. The smallest absolute Gasteiger partial charge is 0.264 e. The van der Waals surface area contributed by atoms with Gasteiger partial charge in [-0.3, -0.25) is 10.0 Å². The van der Waals surface area contributed by atoms with Crippen molar-refractivity contribution in [2.45, 2.75) is 49.9 Å². The highest BCUT2D eigenvalue weighted by atomic mass is 32.2. The van der Waals surface area contributed by atoms with Crippen LogP contribution in [0.4, 0.5) is 0 Å². The average Bonchev–Trinajstić information content (AvgIpc) is 3.49. The van der Waals surface area contributed by atoms with E-state index in [1.54, 1.807) is 6.07 Å². The van der Waals surface area contributed by atoms with Gasteiger partial charge in [-0.05, 0) is 50.7 Å². The number of carbonyl (C=O) groups is 1. The Labute approximate surface area is 182 Å². The molecule has 2 aromatic rings. The molecule has 1 heterocycles. The number of hydrogen-bond acceptors (Lipinski definition) is 8. The molecule has 10 heteroatoms. The van der Waals surface area contributed by atoms with Crippen LogP contribution >= 0.6 is 0 Å². The second-order valence-electron chi connectivity index (χ2n) is 8.18. The van der Waals surface area contributed by atoms with Crippen LogP contribution in [0.15, 0.2) is 40.9 Å². The molecule has 1 aromatic heterocycles. The number of rotatable bonds is 12. The van der Waals surface area contributed by atoms with Gasteiger partial charge in [-0.1, -0.05) is 23.4 Å². The van der Waals surface area contributed by atoms with Crippen LogP contribution in [0.25, 0.3) is 0 Å². The lowest BCUT2D eigenvalue weighted by molar-refractivity contribution is -0.131. The van der Waals surface area contributed by atoms with Crippen LogP contribution in [-0.2, 0) is 27.6 Å². The first-order chi connectivity index (χ1) is 14.7. The Hall–Kier alpha value is -2.43. The average molecular weight is 452 g/mol. The number of hydroxylamine groups is 1. The van der Waals surface area contributed by atoms with E-state index in [1.165, 1.54) is 12.4 Å². The number of sulfone groups is 1. The highest BCUT2D eigenvalue weighted by Gasteiger charge is 2.43. The minimum atomic E-state index is -3.75. The van der Waals surface area contributed by atoms with Crippen molar-refractivity contribution in [1.82, 2.24) is 16.0 Å². The van der Waals surface area contributed by atoms with Crippen LogP contribution < -0.4 is 15.5 Å². The summed E-state index contributed by atoms with van der Waals surface area (Å²) in [6.07, 6.45) is 3.47. The Kier molecular flexibility index (Phi) is 7.34. The third kappa shape index (κ3) is 6.05. The molecule has 0 spiro atoms. The largest absolute Gasteiger partial charge is 0.492 e. The van der Waals surface area contributed by atoms with Crippen LogP contribution in [0.3, 0.4) is 0 Å². The van der Waals surface area contributed by atoms with Gasteiger partial charge < -0.3 is 14.6 Å². The van der Waals surface area contributed by atoms with Crippen molar-refractivity contribution < 1.29 is 27.7 Å². The second kappa shape index (κ2) is 9.80. The Morgan fingerprint density at radius 1 is 1.35 bits per heavy atom. The predicted octanol–water partition coefficient (Wildman–Crippen LogP) is 1.86. The van der Waals surface area contributed by atoms with E-state index in [0.717, 1.165) is 24.8 Å².